The zero-order chi connectivity index (χ0) is 11.3. The maximum absolute atomic E-state index is 11.7. The Morgan fingerprint density at radius 3 is 2.53 bits per heavy atom. The van der Waals surface area contributed by atoms with Crippen LogP contribution in [0.2, 0.25) is 0 Å². The summed E-state index contributed by atoms with van der Waals surface area (Å²) < 4.78 is 0. The first-order valence-corrected chi connectivity index (χ1v) is 6.03. The maximum Gasteiger partial charge on any atom is 0.220 e. The lowest BCUT2D eigenvalue weighted by Crippen LogP contribution is -2.52. The summed E-state index contributed by atoms with van der Waals surface area (Å²) in [7, 11) is 0. The molecule has 1 fully saturated rings. The number of rotatable bonds is 4. The first-order valence-electron chi connectivity index (χ1n) is 6.03. The van der Waals surface area contributed by atoms with Crippen LogP contribution in [0.5, 0.6) is 0 Å². The lowest BCUT2D eigenvalue weighted by molar-refractivity contribution is -0.123. The Kier molecular flexibility index (Phi) is 4.58. The van der Waals surface area contributed by atoms with Crippen LogP contribution < -0.4 is 10.6 Å². The molecule has 1 aliphatic heterocycles. The Hall–Kier alpha value is -0.570. The molecule has 0 atom stereocenters. The van der Waals surface area contributed by atoms with Crippen molar-refractivity contribution in [3.05, 3.63) is 0 Å². The summed E-state index contributed by atoms with van der Waals surface area (Å²) in [4.78, 5) is 11.7. The number of hydrogen-bond donors (Lipinski definition) is 2. The lowest BCUT2D eigenvalue weighted by atomic mass is 9.90. The van der Waals surface area contributed by atoms with Gasteiger partial charge in [0.15, 0.2) is 0 Å². The summed E-state index contributed by atoms with van der Waals surface area (Å²) in [6.45, 7) is 8.49. The van der Waals surface area contributed by atoms with E-state index in [2.05, 4.69) is 31.4 Å². The van der Waals surface area contributed by atoms with Gasteiger partial charge in [-0.1, -0.05) is 13.8 Å². The molecule has 0 radical (unpaired) electrons. The Morgan fingerprint density at radius 1 is 1.40 bits per heavy atom. The predicted octanol–water partition coefficient (Wildman–Crippen LogP) is 1.68. The summed E-state index contributed by atoms with van der Waals surface area (Å²) in [5.74, 6) is 0.824. The molecule has 0 aromatic carbocycles. The highest BCUT2D eigenvalue weighted by atomic mass is 16.1. The fourth-order valence-electron chi connectivity index (χ4n) is 1.92. The second-order valence-corrected chi connectivity index (χ2v) is 5.29. The van der Waals surface area contributed by atoms with Gasteiger partial charge in [0.05, 0.1) is 0 Å². The quantitative estimate of drug-likeness (QED) is 0.744. The standard InChI is InChI=1S/C12H24N2O/c1-10(2)4-5-11(15)14-12(3)6-8-13-9-7-12/h10,13H,4-9H2,1-3H3,(H,14,15). The monoisotopic (exact) mass is 212 g/mol. The normalized spacial score (nSPS) is 20.3. The minimum absolute atomic E-state index is 0.0271. The summed E-state index contributed by atoms with van der Waals surface area (Å²) >= 11 is 0. The smallest absolute Gasteiger partial charge is 0.220 e. The van der Waals surface area contributed by atoms with Crippen molar-refractivity contribution in [2.45, 2.75) is 52.0 Å². The first-order chi connectivity index (χ1) is 7.02. The fourth-order valence-corrected chi connectivity index (χ4v) is 1.92. The zero-order valence-electron chi connectivity index (χ0n) is 10.2. The number of piperidine rings is 1. The van der Waals surface area contributed by atoms with Crippen LogP contribution in [-0.2, 0) is 4.79 Å². The van der Waals surface area contributed by atoms with Crippen LogP contribution in [0.15, 0.2) is 0 Å². The zero-order valence-corrected chi connectivity index (χ0v) is 10.2. The molecule has 1 rings (SSSR count). The highest BCUT2D eigenvalue weighted by Gasteiger charge is 2.27. The number of amides is 1. The molecular weight excluding hydrogens is 188 g/mol. The van der Waals surface area contributed by atoms with Crippen molar-refractivity contribution in [2.75, 3.05) is 13.1 Å². The Balaban J connectivity index is 2.29. The Labute approximate surface area is 93.0 Å². The number of nitrogens with one attached hydrogen (secondary N) is 2. The molecule has 0 saturated carbocycles. The lowest BCUT2D eigenvalue weighted by Gasteiger charge is -2.35. The summed E-state index contributed by atoms with van der Waals surface area (Å²) in [5.41, 5.74) is 0.0271. The van der Waals surface area contributed by atoms with Crippen LogP contribution in [-0.4, -0.2) is 24.5 Å². The average molecular weight is 212 g/mol. The van der Waals surface area contributed by atoms with Crippen LogP contribution in [0.1, 0.15) is 46.5 Å². The van der Waals surface area contributed by atoms with Crippen molar-refractivity contribution in [3.63, 3.8) is 0 Å². The molecule has 1 heterocycles. The van der Waals surface area contributed by atoms with E-state index in [1.165, 1.54) is 0 Å². The highest BCUT2D eigenvalue weighted by molar-refractivity contribution is 5.76. The predicted molar refractivity (Wildman–Crippen MR) is 62.7 cm³/mol. The molecule has 3 heteroatoms. The van der Waals surface area contributed by atoms with Gasteiger partial charge in [0.2, 0.25) is 5.91 Å². The maximum atomic E-state index is 11.7. The van der Waals surface area contributed by atoms with E-state index >= 15 is 0 Å². The van der Waals surface area contributed by atoms with Crippen molar-refractivity contribution in [1.82, 2.24) is 10.6 Å². The fraction of sp³-hybridized carbons (Fsp3) is 0.917. The van der Waals surface area contributed by atoms with Gasteiger partial charge in [-0.25, -0.2) is 0 Å². The molecule has 2 N–H and O–H groups in total. The van der Waals surface area contributed by atoms with E-state index in [1.807, 2.05) is 0 Å². The average Bonchev–Trinajstić information content (AvgIpc) is 2.15. The van der Waals surface area contributed by atoms with E-state index in [-0.39, 0.29) is 11.4 Å². The largest absolute Gasteiger partial charge is 0.351 e. The summed E-state index contributed by atoms with van der Waals surface area (Å²) in [6, 6.07) is 0. The molecule has 0 spiro atoms. The van der Waals surface area contributed by atoms with Gasteiger partial charge in [0.1, 0.15) is 0 Å². The highest BCUT2D eigenvalue weighted by Crippen LogP contribution is 2.17. The molecular formula is C12H24N2O. The van der Waals surface area contributed by atoms with Gasteiger partial charge in [-0.05, 0) is 45.2 Å². The number of carbonyl (C=O) groups is 1. The Bertz CT molecular complexity index is 208. The van der Waals surface area contributed by atoms with Crippen molar-refractivity contribution >= 4 is 5.91 Å². The van der Waals surface area contributed by atoms with E-state index in [4.69, 9.17) is 0 Å². The van der Waals surface area contributed by atoms with Gasteiger partial charge < -0.3 is 10.6 Å². The topological polar surface area (TPSA) is 41.1 Å². The van der Waals surface area contributed by atoms with Crippen LogP contribution in [0.3, 0.4) is 0 Å². The number of hydrogen-bond acceptors (Lipinski definition) is 2. The molecule has 1 saturated heterocycles. The molecule has 0 bridgehead atoms. The summed E-state index contributed by atoms with van der Waals surface area (Å²) in [5, 5.41) is 6.48. The van der Waals surface area contributed by atoms with Gasteiger partial charge in [-0.2, -0.15) is 0 Å². The molecule has 1 aliphatic rings. The van der Waals surface area contributed by atoms with Gasteiger partial charge in [0, 0.05) is 12.0 Å². The molecule has 0 aliphatic carbocycles. The second-order valence-electron chi connectivity index (χ2n) is 5.29. The van der Waals surface area contributed by atoms with E-state index in [9.17, 15) is 4.79 Å². The molecule has 3 nitrogen and oxygen atoms in total. The molecule has 88 valence electrons. The third-order valence-electron chi connectivity index (χ3n) is 3.10. The van der Waals surface area contributed by atoms with Crippen molar-refractivity contribution in [2.24, 2.45) is 5.92 Å². The van der Waals surface area contributed by atoms with E-state index in [0.717, 1.165) is 32.4 Å². The van der Waals surface area contributed by atoms with Crippen molar-refractivity contribution < 1.29 is 4.79 Å². The van der Waals surface area contributed by atoms with E-state index in [0.29, 0.717) is 12.3 Å². The molecule has 0 unspecified atom stereocenters. The van der Waals surface area contributed by atoms with Crippen LogP contribution in [0, 0.1) is 5.92 Å². The van der Waals surface area contributed by atoms with Crippen LogP contribution >= 0.6 is 0 Å². The SMILES string of the molecule is CC(C)CCC(=O)NC1(C)CCNCC1. The molecule has 1 amide bonds. The molecule has 15 heavy (non-hydrogen) atoms. The van der Waals surface area contributed by atoms with Gasteiger partial charge in [0.25, 0.3) is 0 Å². The minimum atomic E-state index is 0.0271. The van der Waals surface area contributed by atoms with Crippen LogP contribution in [0.4, 0.5) is 0 Å². The van der Waals surface area contributed by atoms with Gasteiger partial charge in [-0.15, -0.1) is 0 Å². The molecule has 0 aromatic rings. The Morgan fingerprint density at radius 2 is 2.00 bits per heavy atom. The van der Waals surface area contributed by atoms with E-state index in [1.54, 1.807) is 0 Å². The first kappa shape index (κ1) is 12.5. The molecule has 0 aromatic heterocycles. The third kappa shape index (κ3) is 4.65. The van der Waals surface area contributed by atoms with E-state index < -0.39 is 0 Å². The van der Waals surface area contributed by atoms with Crippen molar-refractivity contribution in [1.29, 1.82) is 0 Å². The minimum Gasteiger partial charge on any atom is -0.351 e. The van der Waals surface area contributed by atoms with Gasteiger partial charge in [-0.3, -0.25) is 4.79 Å². The van der Waals surface area contributed by atoms with Gasteiger partial charge >= 0.3 is 0 Å². The van der Waals surface area contributed by atoms with Crippen LogP contribution in [0.25, 0.3) is 0 Å². The summed E-state index contributed by atoms with van der Waals surface area (Å²) in [6.07, 6.45) is 3.74. The third-order valence-corrected chi connectivity index (χ3v) is 3.10. The second kappa shape index (κ2) is 5.50. The van der Waals surface area contributed by atoms with Crippen molar-refractivity contribution in [3.8, 4) is 0 Å². The number of carbonyl (C=O) groups excluding carboxylic acids is 1.